The molecule has 0 amide bonds. The van der Waals surface area contributed by atoms with Crippen molar-refractivity contribution in [2.75, 3.05) is 24.8 Å². The van der Waals surface area contributed by atoms with Crippen molar-refractivity contribution in [1.29, 1.82) is 0 Å². The predicted molar refractivity (Wildman–Crippen MR) is 136 cm³/mol. The number of aliphatic hydroxyl groups is 1. The van der Waals surface area contributed by atoms with E-state index in [-0.39, 0.29) is 11.6 Å². The molecular formula is C27H27FN6O. The van der Waals surface area contributed by atoms with Crippen molar-refractivity contribution < 1.29 is 9.50 Å². The number of nitrogen functional groups attached to an aromatic ring is 1. The molecule has 3 N–H and O–H groups in total. The van der Waals surface area contributed by atoms with Gasteiger partial charge in [0.1, 0.15) is 22.6 Å². The monoisotopic (exact) mass is 470 g/mol. The zero-order valence-electron chi connectivity index (χ0n) is 19.8. The Morgan fingerprint density at radius 2 is 1.80 bits per heavy atom. The van der Waals surface area contributed by atoms with E-state index in [4.69, 9.17) is 20.7 Å². The van der Waals surface area contributed by atoms with Gasteiger partial charge < -0.3 is 15.8 Å². The molecular weight excluding hydrogens is 443 g/mol. The van der Waals surface area contributed by atoms with Crippen LogP contribution in [-0.4, -0.2) is 44.4 Å². The minimum Gasteiger partial charge on any atom is -0.398 e. The van der Waals surface area contributed by atoms with Gasteiger partial charge in [-0.3, -0.25) is 0 Å². The fourth-order valence-electron chi connectivity index (χ4n) is 4.53. The Kier molecular flexibility index (Phi) is 5.87. The van der Waals surface area contributed by atoms with Crippen LogP contribution >= 0.6 is 0 Å². The second kappa shape index (κ2) is 9.01. The summed E-state index contributed by atoms with van der Waals surface area (Å²) in [7, 11) is 3.72. The highest BCUT2D eigenvalue weighted by Gasteiger charge is 2.27. The fourth-order valence-corrected chi connectivity index (χ4v) is 4.53. The van der Waals surface area contributed by atoms with Gasteiger partial charge >= 0.3 is 0 Å². The van der Waals surface area contributed by atoms with E-state index in [1.165, 1.54) is 12.1 Å². The third-order valence-electron chi connectivity index (χ3n) is 6.27. The molecule has 0 unspecified atom stereocenters. The second-order valence-corrected chi connectivity index (χ2v) is 9.10. The number of hydrogen-bond donors (Lipinski definition) is 2. The lowest BCUT2D eigenvalue weighted by Gasteiger charge is -2.26. The molecule has 1 saturated carbocycles. The van der Waals surface area contributed by atoms with E-state index in [9.17, 15) is 9.50 Å². The number of benzene rings is 2. The Morgan fingerprint density at radius 1 is 1.03 bits per heavy atom. The highest BCUT2D eigenvalue weighted by Crippen LogP contribution is 2.33. The van der Waals surface area contributed by atoms with Gasteiger partial charge in [0, 0.05) is 30.9 Å². The summed E-state index contributed by atoms with van der Waals surface area (Å²) in [6.45, 7) is 0. The quantitative estimate of drug-likeness (QED) is 0.346. The minimum absolute atomic E-state index is 0.267. The Hall–Kier alpha value is -3.96. The Labute approximate surface area is 203 Å². The number of rotatable bonds is 3. The molecule has 7 nitrogen and oxygen atoms in total. The normalized spacial score (nSPS) is 15.0. The van der Waals surface area contributed by atoms with Gasteiger partial charge in [0.15, 0.2) is 11.5 Å². The molecule has 0 atom stereocenters. The number of aromatic nitrogens is 4. The highest BCUT2D eigenvalue weighted by atomic mass is 19.1. The molecule has 2 aromatic heterocycles. The van der Waals surface area contributed by atoms with Crippen molar-refractivity contribution in [3.8, 4) is 34.5 Å². The highest BCUT2D eigenvalue weighted by molar-refractivity contribution is 5.93. The number of halogens is 1. The first-order chi connectivity index (χ1) is 16.8. The first-order valence-electron chi connectivity index (χ1n) is 11.7. The molecule has 2 heterocycles. The summed E-state index contributed by atoms with van der Waals surface area (Å²) >= 11 is 0. The van der Waals surface area contributed by atoms with Crippen LogP contribution in [0.1, 0.15) is 37.9 Å². The summed E-state index contributed by atoms with van der Waals surface area (Å²) in [5, 5.41) is 12.7. The molecule has 0 spiro atoms. The largest absolute Gasteiger partial charge is 0.398 e. The van der Waals surface area contributed by atoms with Crippen LogP contribution in [0.3, 0.4) is 0 Å². The Morgan fingerprint density at radius 3 is 2.51 bits per heavy atom. The topological polar surface area (TPSA) is 93.1 Å². The molecule has 4 aromatic rings. The minimum atomic E-state index is -1.03. The Bertz CT molecular complexity index is 1460. The van der Waals surface area contributed by atoms with Gasteiger partial charge in [-0.15, -0.1) is 0 Å². The van der Waals surface area contributed by atoms with E-state index >= 15 is 0 Å². The summed E-state index contributed by atoms with van der Waals surface area (Å²) in [6.07, 6.45) is 4.28. The van der Waals surface area contributed by atoms with Crippen LogP contribution in [0.5, 0.6) is 0 Å². The third kappa shape index (κ3) is 4.43. The maximum Gasteiger partial charge on any atom is 0.207 e. The van der Waals surface area contributed by atoms with Gasteiger partial charge in [0.2, 0.25) is 5.82 Å². The first-order valence-corrected chi connectivity index (χ1v) is 11.7. The average molecular weight is 471 g/mol. The second-order valence-electron chi connectivity index (χ2n) is 9.10. The van der Waals surface area contributed by atoms with Gasteiger partial charge in [-0.2, -0.15) is 4.98 Å². The van der Waals surface area contributed by atoms with E-state index in [0.717, 1.165) is 19.3 Å². The molecule has 1 fully saturated rings. The fraction of sp³-hybridized carbons (Fsp3) is 0.296. The van der Waals surface area contributed by atoms with Gasteiger partial charge in [-0.25, -0.2) is 19.0 Å². The standard InChI is InChI=1S/C27H27FN6O/c1-33(2)34-25(18-9-8-10-19(28)17-18)32-24-23(20-11-4-5-12-21(20)29)30-22(31-26(24)34)13-16-27(35)14-6-3-7-15-27/h4-5,8-12,17,35H,3,6-7,14-15,29H2,1-2H3. The molecule has 8 heteroatoms. The van der Waals surface area contributed by atoms with Crippen LogP contribution in [0.4, 0.5) is 10.1 Å². The average Bonchev–Trinajstić information content (AvgIpc) is 3.23. The number of para-hydroxylation sites is 1. The lowest BCUT2D eigenvalue weighted by molar-refractivity contribution is 0.0610. The number of hydrogen-bond acceptors (Lipinski definition) is 6. The summed E-state index contributed by atoms with van der Waals surface area (Å²) in [5.41, 5.74) is 8.71. The van der Waals surface area contributed by atoms with Crippen molar-refractivity contribution >= 4 is 16.9 Å². The van der Waals surface area contributed by atoms with E-state index in [1.54, 1.807) is 22.9 Å². The van der Waals surface area contributed by atoms with Crippen LogP contribution in [0.25, 0.3) is 33.8 Å². The van der Waals surface area contributed by atoms with E-state index in [0.29, 0.717) is 52.3 Å². The molecule has 0 radical (unpaired) electrons. The number of anilines is 1. The molecule has 0 bridgehead atoms. The van der Waals surface area contributed by atoms with Crippen LogP contribution < -0.4 is 10.7 Å². The van der Waals surface area contributed by atoms with Gasteiger partial charge in [0.05, 0.1) is 0 Å². The maximum atomic E-state index is 14.1. The molecule has 35 heavy (non-hydrogen) atoms. The lowest BCUT2D eigenvalue weighted by Crippen LogP contribution is -2.29. The zero-order valence-corrected chi connectivity index (χ0v) is 19.8. The molecule has 5 rings (SSSR count). The van der Waals surface area contributed by atoms with Crippen LogP contribution in [0.15, 0.2) is 48.5 Å². The smallest absolute Gasteiger partial charge is 0.207 e. The number of nitrogens with two attached hydrogens (primary N) is 1. The van der Waals surface area contributed by atoms with Gasteiger partial charge in [0.25, 0.3) is 0 Å². The zero-order chi connectivity index (χ0) is 24.6. The summed E-state index contributed by atoms with van der Waals surface area (Å²) in [4.78, 5) is 14.3. The molecule has 0 aliphatic heterocycles. The predicted octanol–water partition coefficient (Wildman–Crippen LogP) is 4.13. The molecule has 1 aliphatic rings. The molecule has 178 valence electrons. The van der Waals surface area contributed by atoms with Crippen molar-refractivity contribution in [3.05, 3.63) is 60.2 Å². The summed E-state index contributed by atoms with van der Waals surface area (Å²) in [5.74, 6) is 6.47. The van der Waals surface area contributed by atoms with E-state index in [1.807, 2.05) is 37.3 Å². The van der Waals surface area contributed by atoms with Crippen LogP contribution in [0, 0.1) is 17.7 Å². The number of imidazole rings is 1. The van der Waals surface area contributed by atoms with Crippen molar-refractivity contribution in [1.82, 2.24) is 19.6 Å². The van der Waals surface area contributed by atoms with Crippen molar-refractivity contribution in [3.63, 3.8) is 0 Å². The Balaban J connectivity index is 1.78. The molecule has 2 aromatic carbocycles. The van der Waals surface area contributed by atoms with E-state index in [2.05, 4.69) is 11.8 Å². The van der Waals surface area contributed by atoms with Crippen LogP contribution in [0.2, 0.25) is 0 Å². The SMILES string of the molecule is CN(C)n1c(-c2cccc(F)c2)nc2c(-c3ccccc3N)nc(C#CC3(O)CCCCC3)nc21. The number of nitrogens with zero attached hydrogens (tertiary/aromatic N) is 5. The van der Waals surface area contributed by atoms with Crippen molar-refractivity contribution in [2.24, 2.45) is 0 Å². The summed E-state index contributed by atoms with van der Waals surface area (Å²) < 4.78 is 15.9. The molecule has 1 aliphatic carbocycles. The van der Waals surface area contributed by atoms with Gasteiger partial charge in [-0.1, -0.05) is 42.7 Å². The van der Waals surface area contributed by atoms with Gasteiger partial charge in [-0.05, 0) is 49.8 Å². The first kappa shape index (κ1) is 22.8. The summed E-state index contributed by atoms with van der Waals surface area (Å²) in [6, 6.07) is 13.7. The molecule has 0 saturated heterocycles. The van der Waals surface area contributed by atoms with E-state index < -0.39 is 5.60 Å². The maximum absolute atomic E-state index is 14.1. The lowest BCUT2D eigenvalue weighted by atomic mass is 9.85. The van der Waals surface area contributed by atoms with Crippen LogP contribution in [-0.2, 0) is 0 Å². The third-order valence-corrected chi connectivity index (χ3v) is 6.27. The van der Waals surface area contributed by atoms with Crippen molar-refractivity contribution in [2.45, 2.75) is 37.7 Å². The number of fused-ring (bicyclic) bond motifs is 1.